The molecule has 4 rings (SSSR count). The number of alkyl halides is 3. The van der Waals surface area contributed by atoms with Crippen molar-refractivity contribution in [1.82, 2.24) is 20.6 Å². The molecule has 0 unspecified atom stereocenters. The summed E-state index contributed by atoms with van der Waals surface area (Å²) in [5.41, 5.74) is 0.197. The molecule has 178 valence electrons. The lowest BCUT2D eigenvalue weighted by atomic mass is 9.99. The first-order chi connectivity index (χ1) is 16.2. The zero-order valence-corrected chi connectivity index (χ0v) is 18.6. The molecule has 0 radical (unpaired) electrons. The number of anilines is 1. The number of benzene rings is 2. The Balaban J connectivity index is 1.54. The average Bonchev–Trinajstić information content (AvgIpc) is 3.33. The normalized spacial score (nSPS) is 15.9. The van der Waals surface area contributed by atoms with Gasteiger partial charge in [-0.2, -0.15) is 18.4 Å². The highest BCUT2D eigenvalue weighted by Gasteiger charge is 2.35. The number of halogens is 3. The van der Waals surface area contributed by atoms with Crippen LogP contribution < -0.4 is 9.64 Å². The fraction of sp³-hybridized carbons (Fsp3) is 0.348. The summed E-state index contributed by atoms with van der Waals surface area (Å²) in [7, 11) is 0. The second-order valence-electron chi connectivity index (χ2n) is 8.16. The van der Waals surface area contributed by atoms with Crippen LogP contribution in [-0.4, -0.2) is 38.8 Å². The van der Waals surface area contributed by atoms with Gasteiger partial charge >= 0.3 is 6.18 Å². The zero-order chi connectivity index (χ0) is 24.3. The van der Waals surface area contributed by atoms with Crippen molar-refractivity contribution in [1.29, 1.82) is 0 Å². The number of aromatic amines is 1. The molecular formula is C23H23F3N6O2. The first-order valence-electron chi connectivity index (χ1n) is 10.8. The van der Waals surface area contributed by atoms with Gasteiger partial charge in [-0.15, -0.1) is 10.2 Å². The molecule has 1 aliphatic heterocycles. The summed E-state index contributed by atoms with van der Waals surface area (Å²) in [5, 5.41) is 13.4. The topological polar surface area (TPSA) is 96.4 Å². The third kappa shape index (κ3) is 5.24. The SMILES string of the molecule is CC(C)c1ccc(N=C2CCCN(c3ccc(OCc4nn[nH]n4)cc3)C2=O)c(C(F)(F)F)c1. The predicted molar refractivity (Wildman–Crippen MR) is 119 cm³/mol. The minimum Gasteiger partial charge on any atom is -0.485 e. The van der Waals surface area contributed by atoms with E-state index < -0.39 is 17.6 Å². The standard InChI is InChI=1S/C23H23F3N6O2/c1-14(2)15-5-10-19(18(12-15)23(24,25)26)27-20-4-3-11-32(22(20)33)16-6-8-17(9-7-16)34-13-21-28-30-31-29-21/h5-10,12,14H,3-4,11,13H2,1-2H3,(H,28,29,30,31). The molecule has 1 saturated heterocycles. The summed E-state index contributed by atoms with van der Waals surface area (Å²) in [4.78, 5) is 18.8. The van der Waals surface area contributed by atoms with Gasteiger partial charge in [-0.25, -0.2) is 4.99 Å². The summed E-state index contributed by atoms with van der Waals surface area (Å²) < 4.78 is 46.6. The number of nitrogens with zero attached hydrogens (tertiary/aromatic N) is 5. The summed E-state index contributed by atoms with van der Waals surface area (Å²) in [5.74, 6) is 0.476. The maximum atomic E-state index is 13.7. The van der Waals surface area contributed by atoms with Crippen LogP contribution >= 0.6 is 0 Å². The Hall–Kier alpha value is -3.76. The van der Waals surface area contributed by atoms with Crippen molar-refractivity contribution in [3.63, 3.8) is 0 Å². The molecular weight excluding hydrogens is 449 g/mol. The van der Waals surface area contributed by atoms with Crippen LogP contribution in [0, 0.1) is 0 Å². The summed E-state index contributed by atoms with van der Waals surface area (Å²) in [6.45, 7) is 4.22. The first kappa shape index (κ1) is 23.4. The summed E-state index contributed by atoms with van der Waals surface area (Å²) in [6, 6.07) is 10.9. The van der Waals surface area contributed by atoms with E-state index in [4.69, 9.17) is 4.74 Å². The molecule has 2 heterocycles. The Morgan fingerprint density at radius 1 is 1.18 bits per heavy atom. The quantitative estimate of drug-likeness (QED) is 0.555. The van der Waals surface area contributed by atoms with Crippen molar-refractivity contribution in [2.75, 3.05) is 11.4 Å². The van der Waals surface area contributed by atoms with Gasteiger partial charge in [0.2, 0.25) is 5.82 Å². The number of aliphatic imine (C=N–C) groups is 1. The highest BCUT2D eigenvalue weighted by Crippen LogP contribution is 2.38. The number of ether oxygens (including phenoxy) is 1. The number of tetrazole rings is 1. The van der Waals surface area contributed by atoms with Crippen molar-refractivity contribution < 1.29 is 22.7 Å². The molecule has 2 aromatic carbocycles. The lowest BCUT2D eigenvalue weighted by Gasteiger charge is -2.28. The number of carbonyl (C=O) groups excluding carboxylic acids is 1. The maximum absolute atomic E-state index is 13.7. The lowest BCUT2D eigenvalue weighted by Crippen LogP contribution is -2.41. The smallest absolute Gasteiger partial charge is 0.418 e. The molecule has 8 nitrogen and oxygen atoms in total. The van der Waals surface area contributed by atoms with Gasteiger partial charge in [-0.3, -0.25) is 4.79 Å². The van der Waals surface area contributed by atoms with Crippen LogP contribution in [0.4, 0.5) is 24.5 Å². The lowest BCUT2D eigenvalue weighted by molar-refractivity contribution is -0.137. The molecule has 1 amide bonds. The number of amides is 1. The Morgan fingerprint density at radius 3 is 2.59 bits per heavy atom. The Bertz CT molecular complexity index is 1170. The molecule has 0 aliphatic carbocycles. The summed E-state index contributed by atoms with van der Waals surface area (Å²) >= 11 is 0. The van der Waals surface area contributed by atoms with Gasteiger partial charge in [0.25, 0.3) is 5.91 Å². The number of H-pyrrole nitrogens is 1. The third-order valence-electron chi connectivity index (χ3n) is 5.44. The van der Waals surface area contributed by atoms with Gasteiger partial charge < -0.3 is 9.64 Å². The predicted octanol–water partition coefficient (Wildman–Crippen LogP) is 4.82. The fourth-order valence-electron chi connectivity index (χ4n) is 3.62. The van der Waals surface area contributed by atoms with E-state index in [0.29, 0.717) is 42.2 Å². The van der Waals surface area contributed by atoms with Crippen molar-refractivity contribution in [2.24, 2.45) is 4.99 Å². The van der Waals surface area contributed by atoms with Crippen LogP contribution in [0.25, 0.3) is 0 Å². The van der Waals surface area contributed by atoms with Gasteiger partial charge in [-0.05, 0) is 60.7 Å². The van der Waals surface area contributed by atoms with Gasteiger partial charge in [0.15, 0.2) is 6.61 Å². The van der Waals surface area contributed by atoms with Gasteiger partial charge in [-0.1, -0.05) is 25.1 Å². The number of aromatic nitrogens is 4. The van der Waals surface area contributed by atoms with Gasteiger partial charge in [0, 0.05) is 12.2 Å². The molecule has 34 heavy (non-hydrogen) atoms. The molecule has 1 N–H and O–H groups in total. The maximum Gasteiger partial charge on any atom is 0.418 e. The monoisotopic (exact) mass is 472 g/mol. The molecule has 1 aliphatic rings. The first-order valence-corrected chi connectivity index (χ1v) is 10.8. The van der Waals surface area contributed by atoms with E-state index in [9.17, 15) is 18.0 Å². The minimum absolute atomic E-state index is 0.0613. The number of nitrogens with one attached hydrogen (secondary N) is 1. The number of hydrogen-bond acceptors (Lipinski definition) is 6. The molecule has 0 atom stereocenters. The highest BCUT2D eigenvalue weighted by atomic mass is 19.4. The Kier molecular flexibility index (Phi) is 6.62. The Morgan fingerprint density at radius 2 is 1.94 bits per heavy atom. The van der Waals surface area contributed by atoms with Crippen molar-refractivity contribution in [2.45, 2.75) is 45.4 Å². The third-order valence-corrected chi connectivity index (χ3v) is 5.44. The zero-order valence-electron chi connectivity index (χ0n) is 18.6. The number of rotatable bonds is 6. The van der Waals surface area contributed by atoms with E-state index in [0.717, 1.165) is 6.07 Å². The van der Waals surface area contributed by atoms with Crippen LogP contribution in [0.15, 0.2) is 47.5 Å². The van der Waals surface area contributed by atoms with Crippen LogP contribution in [0.1, 0.15) is 49.6 Å². The van der Waals surface area contributed by atoms with E-state index >= 15 is 0 Å². The van der Waals surface area contributed by atoms with Crippen LogP contribution in [0.3, 0.4) is 0 Å². The molecule has 0 bridgehead atoms. The highest BCUT2D eigenvalue weighted by molar-refractivity contribution is 6.44. The second-order valence-corrected chi connectivity index (χ2v) is 8.16. The number of carbonyl (C=O) groups is 1. The minimum atomic E-state index is -4.57. The van der Waals surface area contributed by atoms with E-state index in [2.05, 4.69) is 25.6 Å². The molecule has 0 saturated carbocycles. The van der Waals surface area contributed by atoms with E-state index in [1.807, 2.05) is 13.8 Å². The van der Waals surface area contributed by atoms with Gasteiger partial charge in [0.05, 0.1) is 11.3 Å². The molecule has 1 fully saturated rings. The fourth-order valence-corrected chi connectivity index (χ4v) is 3.62. The molecule has 0 spiro atoms. The van der Waals surface area contributed by atoms with Crippen LogP contribution in [0.2, 0.25) is 0 Å². The average molecular weight is 472 g/mol. The summed E-state index contributed by atoms with van der Waals surface area (Å²) in [6.07, 6.45) is -3.67. The molecule has 3 aromatic rings. The van der Waals surface area contributed by atoms with E-state index in [-0.39, 0.29) is 23.9 Å². The van der Waals surface area contributed by atoms with Crippen molar-refractivity contribution in [3.05, 3.63) is 59.4 Å². The van der Waals surface area contributed by atoms with Gasteiger partial charge in [0.1, 0.15) is 11.5 Å². The van der Waals surface area contributed by atoms with Crippen LogP contribution in [0.5, 0.6) is 5.75 Å². The Labute approximate surface area is 193 Å². The van der Waals surface area contributed by atoms with E-state index in [1.165, 1.54) is 11.0 Å². The molecule has 1 aromatic heterocycles. The second kappa shape index (κ2) is 9.62. The van der Waals surface area contributed by atoms with Crippen LogP contribution in [-0.2, 0) is 17.6 Å². The van der Waals surface area contributed by atoms with E-state index in [1.54, 1.807) is 30.3 Å². The number of piperidine rings is 1. The largest absolute Gasteiger partial charge is 0.485 e. The molecule has 11 heteroatoms. The van der Waals surface area contributed by atoms with Crippen molar-refractivity contribution >= 4 is 23.0 Å². The van der Waals surface area contributed by atoms with Crippen molar-refractivity contribution in [3.8, 4) is 5.75 Å². The number of hydrogen-bond donors (Lipinski definition) is 1.